The molecule has 0 aromatic heterocycles. The number of amides is 1. The van der Waals surface area contributed by atoms with Crippen molar-refractivity contribution in [2.45, 2.75) is 11.3 Å². The van der Waals surface area contributed by atoms with Gasteiger partial charge in [0.05, 0.1) is 23.0 Å². The fourth-order valence-electron chi connectivity index (χ4n) is 2.32. The lowest BCUT2D eigenvalue weighted by Crippen LogP contribution is -2.30. The number of hydrogen-bond donors (Lipinski definition) is 2. The lowest BCUT2D eigenvalue weighted by Gasteiger charge is -2.15. The van der Waals surface area contributed by atoms with Crippen LogP contribution in [0.15, 0.2) is 28.7 Å². The molecule has 7 nitrogen and oxygen atoms in total. The first-order valence-corrected chi connectivity index (χ1v) is 8.36. The Labute approximate surface area is 150 Å². The molecule has 24 heavy (non-hydrogen) atoms. The summed E-state index contributed by atoms with van der Waals surface area (Å²) in [7, 11) is 1.45. The quantitative estimate of drug-likeness (QED) is 0.344. The van der Waals surface area contributed by atoms with Crippen molar-refractivity contribution in [3.63, 3.8) is 0 Å². The molecule has 0 saturated heterocycles. The smallest absolute Gasteiger partial charge is 0.285 e. The van der Waals surface area contributed by atoms with E-state index in [0.29, 0.717) is 17.2 Å². The van der Waals surface area contributed by atoms with E-state index >= 15 is 0 Å². The van der Waals surface area contributed by atoms with E-state index in [0.717, 1.165) is 25.1 Å². The number of thioether (sulfide) groups is 1. The van der Waals surface area contributed by atoms with Crippen molar-refractivity contribution in [1.29, 1.82) is 0 Å². The van der Waals surface area contributed by atoms with Crippen molar-refractivity contribution in [2.75, 3.05) is 33.0 Å². The van der Waals surface area contributed by atoms with Gasteiger partial charge >= 0.3 is 0 Å². The van der Waals surface area contributed by atoms with Gasteiger partial charge in [0.1, 0.15) is 11.3 Å². The van der Waals surface area contributed by atoms with Gasteiger partial charge < -0.3 is 15.4 Å². The van der Waals surface area contributed by atoms with Gasteiger partial charge in [-0.05, 0) is 25.3 Å². The van der Waals surface area contributed by atoms with Crippen molar-refractivity contribution >= 4 is 35.8 Å². The van der Waals surface area contributed by atoms with Gasteiger partial charge in [0, 0.05) is 13.1 Å². The van der Waals surface area contributed by atoms with Crippen LogP contribution in [0.2, 0.25) is 0 Å². The van der Waals surface area contributed by atoms with Crippen LogP contribution in [-0.4, -0.2) is 43.8 Å². The van der Waals surface area contributed by atoms with Crippen molar-refractivity contribution in [3.8, 4) is 5.75 Å². The van der Waals surface area contributed by atoms with Gasteiger partial charge in [-0.15, -0.1) is 24.2 Å². The van der Waals surface area contributed by atoms with Crippen LogP contribution in [-0.2, 0) is 0 Å². The standard InChI is InChI=1S/C15H19N3O4S.ClH/c1-22-13-8-12(18(20)21)11(7-14(13)23-2)15(19)17-9-10-3-5-16-6-4-10;/h3,7-8,16H,4-6,9H2,1-2H3,(H,17,19);1H. The Kier molecular flexibility index (Phi) is 8.03. The van der Waals surface area contributed by atoms with Crippen LogP contribution in [0.4, 0.5) is 5.69 Å². The summed E-state index contributed by atoms with van der Waals surface area (Å²) in [6.45, 7) is 2.06. The van der Waals surface area contributed by atoms with E-state index in [2.05, 4.69) is 10.6 Å². The second-order valence-electron chi connectivity index (χ2n) is 4.98. The van der Waals surface area contributed by atoms with Crippen LogP contribution >= 0.6 is 24.2 Å². The van der Waals surface area contributed by atoms with Gasteiger partial charge in [-0.2, -0.15) is 0 Å². The Balaban J connectivity index is 0.00000288. The minimum atomic E-state index is -0.564. The highest BCUT2D eigenvalue weighted by molar-refractivity contribution is 7.98. The van der Waals surface area contributed by atoms with E-state index in [1.807, 2.05) is 12.3 Å². The lowest BCUT2D eigenvalue weighted by atomic mass is 10.1. The predicted octanol–water partition coefficient (Wildman–Crippen LogP) is 2.40. The van der Waals surface area contributed by atoms with Gasteiger partial charge in [0.15, 0.2) is 0 Å². The molecule has 0 saturated carbocycles. The maximum absolute atomic E-state index is 12.4. The van der Waals surface area contributed by atoms with Gasteiger partial charge in [-0.3, -0.25) is 14.9 Å². The number of carbonyl (C=O) groups excluding carboxylic acids is 1. The fraction of sp³-hybridized carbons (Fsp3) is 0.400. The number of nitro benzene ring substituents is 1. The number of halogens is 1. The zero-order chi connectivity index (χ0) is 16.8. The first kappa shape index (κ1) is 20.3. The zero-order valence-corrected chi connectivity index (χ0v) is 15.1. The number of nitrogens with one attached hydrogen (secondary N) is 2. The molecule has 1 heterocycles. The first-order valence-electron chi connectivity index (χ1n) is 7.14. The lowest BCUT2D eigenvalue weighted by molar-refractivity contribution is -0.385. The molecule has 0 aliphatic carbocycles. The van der Waals surface area contributed by atoms with Gasteiger partial charge in [0.2, 0.25) is 0 Å². The zero-order valence-electron chi connectivity index (χ0n) is 13.5. The van der Waals surface area contributed by atoms with E-state index in [9.17, 15) is 14.9 Å². The summed E-state index contributed by atoms with van der Waals surface area (Å²) >= 11 is 1.37. The van der Waals surface area contributed by atoms with E-state index in [4.69, 9.17) is 4.74 Å². The van der Waals surface area contributed by atoms with Gasteiger partial charge in [0.25, 0.3) is 11.6 Å². The predicted molar refractivity (Wildman–Crippen MR) is 96.6 cm³/mol. The molecule has 0 fully saturated rings. The molecule has 2 N–H and O–H groups in total. The van der Waals surface area contributed by atoms with Crippen molar-refractivity contribution in [2.24, 2.45) is 0 Å². The average Bonchev–Trinajstić information content (AvgIpc) is 2.59. The molecule has 1 aliphatic heterocycles. The van der Waals surface area contributed by atoms with E-state index in [1.54, 1.807) is 0 Å². The van der Waals surface area contributed by atoms with E-state index in [-0.39, 0.29) is 23.7 Å². The molecule has 0 unspecified atom stereocenters. The average molecular weight is 374 g/mol. The molecular formula is C15H20ClN3O4S. The SMILES string of the molecule is COc1cc([N+](=O)[O-])c(C(=O)NCC2=CCNCC2)cc1SC.Cl. The summed E-state index contributed by atoms with van der Waals surface area (Å²) in [4.78, 5) is 23.7. The second-order valence-corrected chi connectivity index (χ2v) is 5.83. The highest BCUT2D eigenvalue weighted by atomic mass is 35.5. The van der Waals surface area contributed by atoms with Crippen LogP contribution in [0.25, 0.3) is 0 Å². The van der Waals surface area contributed by atoms with Crippen LogP contribution < -0.4 is 15.4 Å². The third kappa shape index (κ3) is 4.86. The monoisotopic (exact) mass is 373 g/mol. The summed E-state index contributed by atoms with van der Waals surface area (Å²) in [5.74, 6) is -0.0594. The number of nitrogens with zero attached hydrogens (tertiary/aromatic N) is 1. The molecule has 0 atom stereocenters. The fourth-order valence-corrected chi connectivity index (χ4v) is 2.90. The Morgan fingerprint density at radius 1 is 1.50 bits per heavy atom. The minimum Gasteiger partial charge on any atom is -0.495 e. The van der Waals surface area contributed by atoms with Crippen molar-refractivity contribution in [3.05, 3.63) is 39.5 Å². The normalized spacial score (nSPS) is 13.5. The van der Waals surface area contributed by atoms with Gasteiger partial charge in [-0.25, -0.2) is 0 Å². The Bertz CT molecular complexity index is 652. The Morgan fingerprint density at radius 3 is 2.79 bits per heavy atom. The van der Waals surface area contributed by atoms with Crippen LogP contribution in [0, 0.1) is 10.1 Å². The summed E-state index contributed by atoms with van der Waals surface area (Å²) < 4.78 is 5.14. The second kappa shape index (κ2) is 9.51. The molecular weight excluding hydrogens is 354 g/mol. The number of carbonyl (C=O) groups is 1. The number of benzene rings is 1. The molecule has 0 spiro atoms. The van der Waals surface area contributed by atoms with Crippen LogP contribution in [0.5, 0.6) is 5.75 Å². The third-order valence-corrected chi connectivity index (χ3v) is 4.34. The molecule has 1 aromatic rings. The summed E-state index contributed by atoms with van der Waals surface area (Å²) in [5.41, 5.74) is 0.921. The molecule has 132 valence electrons. The summed E-state index contributed by atoms with van der Waals surface area (Å²) in [6.07, 6.45) is 4.71. The number of nitro groups is 1. The number of methoxy groups -OCH3 is 1. The Hall–Kier alpha value is -1.77. The van der Waals surface area contributed by atoms with Crippen molar-refractivity contribution < 1.29 is 14.5 Å². The molecule has 9 heteroatoms. The van der Waals surface area contributed by atoms with Crippen LogP contribution in [0.1, 0.15) is 16.8 Å². The molecule has 0 radical (unpaired) electrons. The molecule has 0 bridgehead atoms. The maximum atomic E-state index is 12.4. The number of rotatable bonds is 6. The molecule has 1 aliphatic rings. The van der Waals surface area contributed by atoms with Crippen molar-refractivity contribution in [1.82, 2.24) is 10.6 Å². The van der Waals surface area contributed by atoms with Crippen LogP contribution in [0.3, 0.4) is 0 Å². The highest BCUT2D eigenvalue weighted by Gasteiger charge is 2.23. The third-order valence-electron chi connectivity index (χ3n) is 3.58. The Morgan fingerprint density at radius 2 is 2.25 bits per heavy atom. The molecule has 2 rings (SSSR count). The maximum Gasteiger partial charge on any atom is 0.285 e. The minimum absolute atomic E-state index is 0. The topological polar surface area (TPSA) is 93.5 Å². The van der Waals surface area contributed by atoms with Gasteiger partial charge in [-0.1, -0.05) is 11.6 Å². The largest absolute Gasteiger partial charge is 0.495 e. The highest BCUT2D eigenvalue weighted by Crippen LogP contribution is 2.34. The first-order chi connectivity index (χ1) is 11.1. The number of hydrogen-bond acceptors (Lipinski definition) is 6. The molecule has 1 amide bonds. The van der Waals surface area contributed by atoms with E-state index < -0.39 is 10.8 Å². The van der Waals surface area contributed by atoms with E-state index in [1.165, 1.54) is 31.0 Å². The summed E-state index contributed by atoms with van der Waals surface area (Å²) in [5, 5.41) is 17.2. The molecule has 1 aromatic carbocycles. The number of ether oxygens (including phenoxy) is 1. The summed E-state index contributed by atoms with van der Waals surface area (Å²) in [6, 6.07) is 2.80.